The van der Waals surface area contributed by atoms with Gasteiger partial charge in [0.05, 0.1) is 23.8 Å². The molecule has 0 radical (unpaired) electrons. The van der Waals surface area contributed by atoms with Crippen molar-refractivity contribution in [3.63, 3.8) is 0 Å². The summed E-state index contributed by atoms with van der Waals surface area (Å²) in [6, 6.07) is 21.6. The Labute approximate surface area is 255 Å². The van der Waals surface area contributed by atoms with Crippen LogP contribution in [0.3, 0.4) is 0 Å². The topological polar surface area (TPSA) is 139 Å². The summed E-state index contributed by atoms with van der Waals surface area (Å²) in [6.45, 7) is 3.89. The van der Waals surface area contributed by atoms with Gasteiger partial charge in [-0.3, -0.25) is 4.79 Å². The molecule has 1 fully saturated rings. The number of anilines is 1. The Morgan fingerprint density at radius 2 is 1.61 bits per heavy atom. The number of para-hydroxylation sites is 1. The lowest BCUT2D eigenvalue weighted by atomic mass is 9.93. The van der Waals surface area contributed by atoms with Crippen molar-refractivity contribution < 1.29 is 29.0 Å². The molecule has 0 bridgehead atoms. The molecule has 4 N–H and O–H groups in total. The molecule has 1 heterocycles. The predicted octanol–water partition coefficient (Wildman–Crippen LogP) is 6.30. The normalized spacial score (nSPS) is 16.2. The van der Waals surface area contributed by atoms with Crippen molar-refractivity contribution in [2.24, 2.45) is 0 Å². The zero-order valence-corrected chi connectivity index (χ0v) is 24.7. The summed E-state index contributed by atoms with van der Waals surface area (Å²) in [5.74, 6) is 0.373. The van der Waals surface area contributed by atoms with Crippen LogP contribution < -0.4 is 25.4 Å². The second-order valence-corrected chi connectivity index (χ2v) is 11.2. The van der Waals surface area contributed by atoms with Crippen LogP contribution in [0.25, 0.3) is 10.8 Å². The third kappa shape index (κ3) is 8.25. The number of rotatable bonds is 10. The van der Waals surface area contributed by atoms with E-state index in [9.17, 15) is 19.5 Å². The molecule has 228 valence electrons. The van der Waals surface area contributed by atoms with Crippen molar-refractivity contribution in [1.29, 1.82) is 0 Å². The maximum atomic E-state index is 12.5. The number of hydrogen-bond acceptors (Lipinski definition) is 6. The summed E-state index contributed by atoms with van der Waals surface area (Å²) in [4.78, 5) is 40.2. The average molecular weight is 597 g/mol. The number of carbonyl (C=O) groups is 3. The van der Waals surface area contributed by atoms with Gasteiger partial charge in [-0.15, -0.1) is 0 Å². The second kappa shape index (κ2) is 13.9. The summed E-state index contributed by atoms with van der Waals surface area (Å²) < 4.78 is 12.2. The molecular formula is C34H36N4O6. The molecule has 3 aromatic carbocycles. The minimum absolute atomic E-state index is 0.0302. The molecule has 0 aliphatic heterocycles. The molecule has 0 atom stereocenters. The third-order valence-electron chi connectivity index (χ3n) is 7.33. The van der Waals surface area contributed by atoms with Crippen LogP contribution in [0.4, 0.5) is 10.5 Å². The van der Waals surface area contributed by atoms with E-state index < -0.39 is 5.97 Å². The smallest absolute Gasteiger partial charge is 0.337 e. The summed E-state index contributed by atoms with van der Waals surface area (Å²) in [5, 5.41) is 19.9. The minimum atomic E-state index is -1.11. The van der Waals surface area contributed by atoms with Gasteiger partial charge in [-0.2, -0.15) is 0 Å². The van der Waals surface area contributed by atoms with E-state index in [1.807, 2.05) is 50.2 Å². The molecule has 44 heavy (non-hydrogen) atoms. The van der Waals surface area contributed by atoms with Gasteiger partial charge in [0, 0.05) is 24.3 Å². The predicted molar refractivity (Wildman–Crippen MR) is 167 cm³/mol. The highest BCUT2D eigenvalue weighted by molar-refractivity contribution is 6.01. The number of aromatic carboxylic acids is 1. The first kappa shape index (κ1) is 30.3. The summed E-state index contributed by atoms with van der Waals surface area (Å²) in [7, 11) is 0. The lowest BCUT2D eigenvalue weighted by Crippen LogP contribution is -2.46. The van der Waals surface area contributed by atoms with E-state index in [1.54, 1.807) is 36.5 Å². The summed E-state index contributed by atoms with van der Waals surface area (Å²) >= 11 is 0. The molecule has 0 unspecified atom stereocenters. The summed E-state index contributed by atoms with van der Waals surface area (Å²) in [5.41, 5.74) is 0.940. The highest BCUT2D eigenvalue weighted by Gasteiger charge is 2.24. The van der Waals surface area contributed by atoms with Crippen molar-refractivity contribution in [3.8, 4) is 17.4 Å². The molecule has 1 saturated carbocycles. The number of nitrogens with one attached hydrogen (secondary N) is 3. The lowest BCUT2D eigenvalue weighted by molar-refractivity contribution is -0.115. The number of fused-ring (bicyclic) bond motifs is 1. The van der Waals surface area contributed by atoms with Crippen LogP contribution in [-0.2, 0) is 11.2 Å². The van der Waals surface area contributed by atoms with Crippen molar-refractivity contribution in [3.05, 3.63) is 90.1 Å². The van der Waals surface area contributed by atoms with Crippen molar-refractivity contribution in [1.82, 2.24) is 15.6 Å². The number of nitrogens with zero attached hydrogens (tertiary/aromatic N) is 1. The van der Waals surface area contributed by atoms with E-state index in [1.165, 1.54) is 6.07 Å². The number of carboxylic acids is 1. The first-order valence-electron chi connectivity index (χ1n) is 14.7. The van der Waals surface area contributed by atoms with Crippen LogP contribution in [0.1, 0.15) is 55.5 Å². The number of aromatic nitrogens is 1. The lowest BCUT2D eigenvalue weighted by Gasteiger charge is -2.29. The van der Waals surface area contributed by atoms with E-state index in [0.29, 0.717) is 17.2 Å². The fourth-order valence-corrected chi connectivity index (χ4v) is 5.20. The van der Waals surface area contributed by atoms with Gasteiger partial charge in [0.1, 0.15) is 11.5 Å². The number of urea groups is 1. The summed E-state index contributed by atoms with van der Waals surface area (Å²) in [6.07, 6.45) is 5.24. The van der Waals surface area contributed by atoms with Gasteiger partial charge in [-0.25, -0.2) is 14.6 Å². The highest BCUT2D eigenvalue weighted by atomic mass is 16.5. The molecule has 1 aliphatic rings. The zero-order valence-electron chi connectivity index (χ0n) is 24.7. The van der Waals surface area contributed by atoms with Crippen LogP contribution in [-0.4, -0.2) is 46.2 Å². The standard InChI is InChI=1S/C34H36N4O6/c1-21(2)36-34(42)37-25-10-14-26(15-11-25)43-27-12-8-24-19-28(13-9-23(24)18-27)44-32-16-7-22(20-35-32)17-31(39)38-30-6-4-3-5-29(30)33(40)41/h3-9,12-13,16,18-21,25-26H,10-11,14-15,17H2,1-2H3,(H,38,39)(H,40,41)(H2,36,37,42). The molecule has 1 aromatic heterocycles. The molecule has 0 spiro atoms. The zero-order chi connectivity index (χ0) is 31.1. The van der Waals surface area contributed by atoms with Gasteiger partial charge in [0.2, 0.25) is 11.8 Å². The van der Waals surface area contributed by atoms with Gasteiger partial charge < -0.3 is 30.5 Å². The van der Waals surface area contributed by atoms with Crippen LogP contribution in [0.15, 0.2) is 79.0 Å². The van der Waals surface area contributed by atoms with Crippen LogP contribution in [0, 0.1) is 0 Å². The first-order valence-corrected chi connectivity index (χ1v) is 14.7. The maximum Gasteiger partial charge on any atom is 0.337 e. The molecule has 3 amide bonds. The Bertz CT molecular complexity index is 1630. The van der Waals surface area contributed by atoms with Gasteiger partial charge in [0.25, 0.3) is 0 Å². The Balaban J connectivity index is 1.12. The monoisotopic (exact) mass is 596 g/mol. The van der Waals surface area contributed by atoms with E-state index in [0.717, 1.165) is 42.2 Å². The quantitative estimate of drug-likeness (QED) is 0.168. The number of ether oxygens (including phenoxy) is 2. The molecule has 10 nitrogen and oxygen atoms in total. The number of carbonyl (C=O) groups excluding carboxylic acids is 2. The highest BCUT2D eigenvalue weighted by Crippen LogP contribution is 2.30. The van der Waals surface area contributed by atoms with Crippen LogP contribution in [0.2, 0.25) is 0 Å². The number of carboxylic acid groups (broad SMARTS) is 1. The molecule has 1 aliphatic carbocycles. The SMILES string of the molecule is CC(C)NC(=O)NC1CCC(Oc2ccc3cc(Oc4ccc(CC(=O)Nc5ccccc5C(=O)O)cn4)ccc3c2)CC1. The fraction of sp³-hybridized carbons (Fsp3) is 0.294. The maximum absolute atomic E-state index is 12.5. The minimum Gasteiger partial charge on any atom is -0.490 e. The second-order valence-electron chi connectivity index (χ2n) is 11.2. The van der Waals surface area contributed by atoms with E-state index >= 15 is 0 Å². The molecular weight excluding hydrogens is 560 g/mol. The molecule has 10 heteroatoms. The Morgan fingerprint density at radius 1 is 0.909 bits per heavy atom. The van der Waals surface area contributed by atoms with Crippen molar-refractivity contribution >= 4 is 34.4 Å². The Hall–Kier alpha value is -5.12. The van der Waals surface area contributed by atoms with Crippen molar-refractivity contribution in [2.75, 3.05) is 5.32 Å². The number of amides is 3. The molecule has 5 rings (SSSR count). The number of pyridine rings is 1. The number of benzene rings is 3. The van der Waals surface area contributed by atoms with Gasteiger partial charge in [-0.05, 0) is 92.3 Å². The third-order valence-corrected chi connectivity index (χ3v) is 7.33. The molecule has 4 aromatic rings. The fourth-order valence-electron chi connectivity index (χ4n) is 5.20. The largest absolute Gasteiger partial charge is 0.490 e. The first-order chi connectivity index (χ1) is 21.2. The van der Waals surface area contributed by atoms with E-state index in [-0.39, 0.29) is 47.8 Å². The molecule has 0 saturated heterocycles. The van der Waals surface area contributed by atoms with Gasteiger partial charge >= 0.3 is 12.0 Å². The van der Waals surface area contributed by atoms with Crippen LogP contribution >= 0.6 is 0 Å². The Morgan fingerprint density at radius 3 is 2.30 bits per heavy atom. The van der Waals surface area contributed by atoms with E-state index in [4.69, 9.17) is 9.47 Å². The Kier molecular flexibility index (Phi) is 9.59. The van der Waals surface area contributed by atoms with Gasteiger partial charge in [0.15, 0.2) is 0 Å². The number of hydrogen-bond donors (Lipinski definition) is 4. The van der Waals surface area contributed by atoms with E-state index in [2.05, 4.69) is 20.9 Å². The van der Waals surface area contributed by atoms with Gasteiger partial charge in [-0.1, -0.05) is 30.3 Å². The van der Waals surface area contributed by atoms with Crippen LogP contribution in [0.5, 0.6) is 17.4 Å². The van der Waals surface area contributed by atoms with Crippen molar-refractivity contribution in [2.45, 2.75) is 64.1 Å². The average Bonchev–Trinajstić information content (AvgIpc) is 2.99.